The first-order chi connectivity index (χ1) is 8.65. The normalized spacial score (nSPS) is 32.7. The molecule has 0 aromatic rings. The molecule has 3 nitrogen and oxygen atoms in total. The number of hydrogen-bond acceptors (Lipinski definition) is 3. The van der Waals surface area contributed by atoms with E-state index in [-0.39, 0.29) is 0 Å². The molecule has 1 saturated carbocycles. The van der Waals surface area contributed by atoms with Crippen molar-refractivity contribution in [1.82, 2.24) is 4.90 Å². The summed E-state index contributed by atoms with van der Waals surface area (Å²) in [6, 6.07) is 0.778. The molecule has 2 N–H and O–H groups in total. The first kappa shape index (κ1) is 14.3. The van der Waals surface area contributed by atoms with E-state index in [4.69, 9.17) is 10.5 Å². The second kappa shape index (κ2) is 6.36. The minimum absolute atomic E-state index is 0.313. The van der Waals surface area contributed by atoms with E-state index in [1.165, 1.54) is 25.7 Å². The van der Waals surface area contributed by atoms with Gasteiger partial charge in [0.15, 0.2) is 0 Å². The molecule has 0 spiro atoms. The third kappa shape index (κ3) is 3.46. The van der Waals surface area contributed by atoms with Crippen molar-refractivity contribution in [3.8, 4) is 0 Å². The van der Waals surface area contributed by atoms with Gasteiger partial charge in [0.2, 0.25) is 0 Å². The molecule has 0 bridgehead atoms. The molecule has 2 unspecified atom stereocenters. The molecule has 0 aromatic carbocycles. The van der Waals surface area contributed by atoms with Crippen molar-refractivity contribution >= 4 is 0 Å². The molecule has 2 atom stereocenters. The Hall–Kier alpha value is -0.120. The van der Waals surface area contributed by atoms with Crippen LogP contribution in [-0.4, -0.2) is 44.3 Å². The fourth-order valence-electron chi connectivity index (χ4n) is 3.69. The predicted octanol–water partition coefficient (Wildman–Crippen LogP) is 2.25. The van der Waals surface area contributed by atoms with E-state index in [9.17, 15) is 0 Å². The van der Waals surface area contributed by atoms with Gasteiger partial charge in [-0.25, -0.2) is 0 Å². The number of nitrogens with two attached hydrogens (primary N) is 1. The Morgan fingerprint density at radius 1 is 1.28 bits per heavy atom. The maximum absolute atomic E-state index is 6.06. The Morgan fingerprint density at radius 3 is 2.61 bits per heavy atom. The van der Waals surface area contributed by atoms with Crippen molar-refractivity contribution < 1.29 is 4.74 Å². The van der Waals surface area contributed by atoms with Gasteiger partial charge >= 0.3 is 0 Å². The van der Waals surface area contributed by atoms with Gasteiger partial charge in [-0.05, 0) is 50.6 Å². The van der Waals surface area contributed by atoms with Crippen LogP contribution >= 0.6 is 0 Å². The van der Waals surface area contributed by atoms with Gasteiger partial charge in [-0.2, -0.15) is 0 Å². The Labute approximate surface area is 112 Å². The van der Waals surface area contributed by atoms with Gasteiger partial charge in [-0.1, -0.05) is 19.8 Å². The molecule has 0 aromatic heterocycles. The van der Waals surface area contributed by atoms with E-state index in [0.29, 0.717) is 5.41 Å². The third-order valence-corrected chi connectivity index (χ3v) is 5.10. The smallest absolute Gasteiger partial charge is 0.0472 e. The maximum atomic E-state index is 6.06. The lowest BCUT2D eigenvalue weighted by atomic mass is 9.78. The monoisotopic (exact) mass is 254 g/mol. The lowest BCUT2D eigenvalue weighted by Gasteiger charge is -2.43. The van der Waals surface area contributed by atoms with Crippen LogP contribution in [0.3, 0.4) is 0 Å². The highest BCUT2D eigenvalue weighted by molar-refractivity contribution is 4.88. The summed E-state index contributed by atoms with van der Waals surface area (Å²) >= 11 is 0. The highest BCUT2D eigenvalue weighted by Crippen LogP contribution is 2.33. The van der Waals surface area contributed by atoms with Crippen molar-refractivity contribution in [3.05, 3.63) is 0 Å². The Morgan fingerprint density at radius 2 is 2.00 bits per heavy atom. The summed E-state index contributed by atoms with van der Waals surface area (Å²) in [5, 5.41) is 0. The second-order valence-corrected chi connectivity index (χ2v) is 6.66. The summed E-state index contributed by atoms with van der Waals surface area (Å²) in [7, 11) is 2.30. The van der Waals surface area contributed by atoms with Crippen molar-refractivity contribution in [1.29, 1.82) is 0 Å². The first-order valence-corrected chi connectivity index (χ1v) is 7.63. The SMILES string of the molecule is CC1CCCC(N(C)CC2(CN)CCOCC2)C1. The Bertz CT molecular complexity index is 251. The molecule has 0 radical (unpaired) electrons. The fraction of sp³-hybridized carbons (Fsp3) is 1.00. The van der Waals surface area contributed by atoms with Crippen LogP contribution < -0.4 is 5.73 Å². The molecule has 1 aliphatic carbocycles. The summed E-state index contributed by atoms with van der Waals surface area (Å²) in [5.74, 6) is 0.898. The molecule has 2 fully saturated rings. The number of nitrogens with zero attached hydrogens (tertiary/aromatic N) is 1. The van der Waals surface area contributed by atoms with Crippen LogP contribution in [0.25, 0.3) is 0 Å². The average molecular weight is 254 g/mol. The minimum Gasteiger partial charge on any atom is -0.381 e. The zero-order chi connectivity index (χ0) is 13.0. The van der Waals surface area contributed by atoms with E-state index in [2.05, 4.69) is 18.9 Å². The topological polar surface area (TPSA) is 38.5 Å². The van der Waals surface area contributed by atoms with Crippen LogP contribution in [0.15, 0.2) is 0 Å². The second-order valence-electron chi connectivity index (χ2n) is 6.66. The van der Waals surface area contributed by atoms with Crippen molar-refractivity contribution in [2.75, 3.05) is 33.4 Å². The van der Waals surface area contributed by atoms with Crippen LogP contribution in [0.4, 0.5) is 0 Å². The molecule has 18 heavy (non-hydrogen) atoms. The van der Waals surface area contributed by atoms with Gasteiger partial charge in [0, 0.05) is 25.8 Å². The summed E-state index contributed by atoms with van der Waals surface area (Å²) in [6.07, 6.45) is 7.83. The van der Waals surface area contributed by atoms with Crippen molar-refractivity contribution in [2.24, 2.45) is 17.1 Å². The summed E-state index contributed by atoms with van der Waals surface area (Å²) in [5.41, 5.74) is 6.37. The van der Waals surface area contributed by atoms with Gasteiger partial charge in [0.05, 0.1) is 0 Å². The van der Waals surface area contributed by atoms with Crippen LogP contribution in [0.5, 0.6) is 0 Å². The molecule has 1 aliphatic heterocycles. The molecule has 3 heteroatoms. The van der Waals surface area contributed by atoms with Crippen LogP contribution in [0.1, 0.15) is 45.4 Å². The molecule has 106 valence electrons. The van der Waals surface area contributed by atoms with Gasteiger partial charge in [0.25, 0.3) is 0 Å². The summed E-state index contributed by atoms with van der Waals surface area (Å²) in [6.45, 7) is 6.15. The molecule has 2 rings (SSSR count). The van der Waals surface area contributed by atoms with E-state index in [1.807, 2.05) is 0 Å². The van der Waals surface area contributed by atoms with Crippen LogP contribution in [-0.2, 0) is 4.74 Å². The zero-order valence-corrected chi connectivity index (χ0v) is 12.2. The van der Waals surface area contributed by atoms with Gasteiger partial charge < -0.3 is 15.4 Å². The molecular weight excluding hydrogens is 224 g/mol. The molecule has 1 saturated heterocycles. The number of rotatable bonds is 4. The molecular formula is C15H30N2O. The van der Waals surface area contributed by atoms with E-state index >= 15 is 0 Å². The van der Waals surface area contributed by atoms with Crippen molar-refractivity contribution in [2.45, 2.75) is 51.5 Å². The van der Waals surface area contributed by atoms with Gasteiger partial charge in [-0.3, -0.25) is 0 Å². The van der Waals surface area contributed by atoms with Gasteiger partial charge in [-0.15, -0.1) is 0 Å². The Balaban J connectivity index is 1.89. The number of hydrogen-bond donors (Lipinski definition) is 1. The molecule has 2 aliphatic rings. The standard InChI is InChI=1S/C15H30N2O/c1-13-4-3-5-14(10-13)17(2)12-15(11-16)6-8-18-9-7-15/h13-14H,3-12,16H2,1-2H3. The van der Waals surface area contributed by atoms with E-state index in [0.717, 1.165) is 51.1 Å². The number of ether oxygens (including phenoxy) is 1. The average Bonchev–Trinajstić information content (AvgIpc) is 2.40. The minimum atomic E-state index is 0.313. The van der Waals surface area contributed by atoms with Crippen LogP contribution in [0.2, 0.25) is 0 Å². The first-order valence-electron chi connectivity index (χ1n) is 7.63. The fourth-order valence-corrected chi connectivity index (χ4v) is 3.69. The van der Waals surface area contributed by atoms with Crippen LogP contribution in [0, 0.1) is 11.3 Å². The lowest BCUT2D eigenvalue weighted by molar-refractivity contribution is -0.00671. The highest BCUT2D eigenvalue weighted by Gasteiger charge is 2.34. The molecule has 0 amide bonds. The van der Waals surface area contributed by atoms with E-state index in [1.54, 1.807) is 0 Å². The summed E-state index contributed by atoms with van der Waals surface area (Å²) < 4.78 is 5.50. The molecule has 1 heterocycles. The largest absolute Gasteiger partial charge is 0.381 e. The quantitative estimate of drug-likeness (QED) is 0.836. The highest BCUT2D eigenvalue weighted by atomic mass is 16.5. The summed E-state index contributed by atoms with van der Waals surface area (Å²) in [4.78, 5) is 2.59. The third-order valence-electron chi connectivity index (χ3n) is 5.10. The van der Waals surface area contributed by atoms with Gasteiger partial charge in [0.1, 0.15) is 0 Å². The lowest BCUT2D eigenvalue weighted by Crippen LogP contribution is -2.48. The van der Waals surface area contributed by atoms with Crippen molar-refractivity contribution in [3.63, 3.8) is 0 Å². The Kier molecular flexibility index (Phi) is 5.05. The zero-order valence-electron chi connectivity index (χ0n) is 12.2. The predicted molar refractivity (Wildman–Crippen MR) is 75.6 cm³/mol. The maximum Gasteiger partial charge on any atom is 0.0472 e. The van der Waals surface area contributed by atoms with E-state index < -0.39 is 0 Å².